The lowest BCUT2D eigenvalue weighted by Gasteiger charge is -2.32. The van der Waals surface area contributed by atoms with Crippen LogP contribution in [-0.4, -0.2) is 129 Å². The molecule has 1 aromatic heterocycles. The van der Waals surface area contributed by atoms with Gasteiger partial charge >= 0.3 is 0 Å². The molecular weight excluding hydrogens is 629 g/mol. The number of aliphatic hydroxyl groups is 5. The van der Waals surface area contributed by atoms with Gasteiger partial charge in [-0.15, -0.1) is 0 Å². The van der Waals surface area contributed by atoms with Crippen LogP contribution in [0.1, 0.15) is 44.6 Å². The van der Waals surface area contributed by atoms with Crippen molar-refractivity contribution in [3.05, 3.63) is 42.0 Å². The van der Waals surface area contributed by atoms with Crippen molar-refractivity contribution in [2.24, 2.45) is 11.8 Å². The van der Waals surface area contributed by atoms with E-state index in [4.69, 9.17) is 14.6 Å². The molecule has 0 radical (unpaired) electrons. The van der Waals surface area contributed by atoms with Gasteiger partial charge in [0.1, 0.15) is 29.9 Å². The number of hydrogen-bond donors (Lipinski definition) is 6. The molecule has 2 aromatic rings. The van der Waals surface area contributed by atoms with Crippen molar-refractivity contribution in [1.29, 1.82) is 0 Å². The molecule has 6 N–H and O–H groups in total. The number of ether oxygens (including phenoxy) is 2. The fourth-order valence-electron chi connectivity index (χ4n) is 5.97. The number of carbonyl (C=O) groups excluding carboxylic acids is 2. The van der Waals surface area contributed by atoms with Crippen molar-refractivity contribution in [3.8, 4) is 11.5 Å². The first kappa shape index (κ1) is 37.2. The van der Waals surface area contributed by atoms with E-state index in [1.807, 2.05) is 6.92 Å². The molecule has 2 amide bonds. The van der Waals surface area contributed by atoms with E-state index in [1.54, 1.807) is 18.5 Å². The van der Waals surface area contributed by atoms with Crippen LogP contribution in [0.3, 0.4) is 0 Å². The van der Waals surface area contributed by atoms with Gasteiger partial charge in [-0.25, -0.2) is 14.4 Å². The fourth-order valence-corrected chi connectivity index (χ4v) is 5.97. The lowest BCUT2D eigenvalue weighted by Crippen LogP contribution is -2.50. The van der Waals surface area contributed by atoms with Crippen LogP contribution in [0.25, 0.3) is 0 Å². The van der Waals surface area contributed by atoms with Crippen LogP contribution >= 0.6 is 0 Å². The Morgan fingerprint density at radius 3 is 2.38 bits per heavy atom. The molecule has 2 fully saturated rings. The van der Waals surface area contributed by atoms with Crippen molar-refractivity contribution in [2.45, 2.75) is 69.9 Å². The molecule has 0 spiro atoms. The summed E-state index contributed by atoms with van der Waals surface area (Å²) in [6, 6.07) is 4.47. The number of halogens is 1. The minimum Gasteiger partial charge on any atom is -0.493 e. The first-order valence-electron chi connectivity index (χ1n) is 16.6. The number of amides is 2. The molecule has 48 heavy (non-hydrogen) atoms. The topological polar surface area (TPSA) is 198 Å². The first-order valence-corrected chi connectivity index (χ1v) is 16.6. The SMILES string of the molecule is CCOc1cnc(N2CCC(CCCOc3ccc(CC(=O)N4CC[C@H](C(=O)NC[C@H](O)[C@@H](O)[C@H](O)[C@H](O)CO)C4)c(F)c3)CC2)nc1. The van der Waals surface area contributed by atoms with Crippen LogP contribution in [0.4, 0.5) is 10.3 Å². The summed E-state index contributed by atoms with van der Waals surface area (Å²) in [6.07, 6.45) is 0.686. The molecule has 266 valence electrons. The number of hydrogen-bond acceptors (Lipinski definition) is 12. The Kier molecular flexibility index (Phi) is 14.1. The van der Waals surface area contributed by atoms with E-state index in [1.165, 1.54) is 17.0 Å². The first-order chi connectivity index (χ1) is 23.1. The zero-order valence-corrected chi connectivity index (χ0v) is 27.3. The van der Waals surface area contributed by atoms with E-state index in [9.17, 15) is 34.4 Å². The highest BCUT2D eigenvalue weighted by atomic mass is 19.1. The van der Waals surface area contributed by atoms with Gasteiger partial charge in [0.25, 0.3) is 0 Å². The fraction of sp³-hybridized carbons (Fsp3) is 0.636. The highest BCUT2D eigenvalue weighted by molar-refractivity contribution is 5.83. The van der Waals surface area contributed by atoms with Crippen molar-refractivity contribution in [3.63, 3.8) is 0 Å². The van der Waals surface area contributed by atoms with Crippen molar-refractivity contribution in [2.75, 3.05) is 57.4 Å². The van der Waals surface area contributed by atoms with Crippen LogP contribution in [0.15, 0.2) is 30.6 Å². The predicted molar refractivity (Wildman–Crippen MR) is 172 cm³/mol. The van der Waals surface area contributed by atoms with Gasteiger partial charge in [0, 0.05) is 38.8 Å². The lowest BCUT2D eigenvalue weighted by atomic mass is 9.92. The van der Waals surface area contributed by atoms with E-state index in [0.717, 1.165) is 38.8 Å². The highest BCUT2D eigenvalue weighted by Crippen LogP contribution is 2.26. The Morgan fingerprint density at radius 2 is 1.71 bits per heavy atom. The molecular formula is C33H48FN5O9. The van der Waals surface area contributed by atoms with Crippen molar-refractivity contribution < 1.29 is 49.0 Å². The summed E-state index contributed by atoms with van der Waals surface area (Å²) in [7, 11) is 0. The quantitative estimate of drug-likeness (QED) is 0.123. The average molecular weight is 678 g/mol. The zero-order chi connectivity index (χ0) is 34.6. The van der Waals surface area contributed by atoms with E-state index in [0.29, 0.717) is 49.5 Å². The van der Waals surface area contributed by atoms with Crippen LogP contribution in [0.2, 0.25) is 0 Å². The van der Waals surface area contributed by atoms with Gasteiger partial charge in [-0.2, -0.15) is 0 Å². The van der Waals surface area contributed by atoms with Gasteiger partial charge in [0.15, 0.2) is 5.75 Å². The summed E-state index contributed by atoms with van der Waals surface area (Å²) in [5, 5.41) is 50.4. The molecule has 2 aliphatic rings. The molecule has 2 aliphatic heterocycles. The number of nitrogens with zero attached hydrogens (tertiary/aromatic N) is 4. The van der Waals surface area contributed by atoms with Gasteiger partial charge in [-0.3, -0.25) is 9.59 Å². The van der Waals surface area contributed by atoms with Crippen LogP contribution in [0.5, 0.6) is 11.5 Å². The number of aliphatic hydroxyl groups excluding tert-OH is 5. The van der Waals surface area contributed by atoms with Crippen LogP contribution < -0.4 is 19.7 Å². The van der Waals surface area contributed by atoms with E-state index >= 15 is 0 Å². The summed E-state index contributed by atoms with van der Waals surface area (Å²) in [6.45, 7) is 3.93. The van der Waals surface area contributed by atoms with E-state index in [-0.39, 0.29) is 24.4 Å². The lowest BCUT2D eigenvalue weighted by molar-refractivity contribution is -0.131. The minimum absolute atomic E-state index is 0.117. The Balaban J connectivity index is 1.12. The number of nitrogens with one attached hydrogen (secondary N) is 1. The number of likely N-dealkylation sites (tertiary alicyclic amines) is 1. The normalized spacial score (nSPS) is 19.4. The molecule has 1 aromatic carbocycles. The molecule has 3 heterocycles. The maximum absolute atomic E-state index is 14.9. The number of rotatable bonds is 17. The van der Waals surface area contributed by atoms with Gasteiger partial charge in [-0.05, 0) is 56.6 Å². The number of carbonyl (C=O) groups is 2. The van der Waals surface area contributed by atoms with E-state index < -0.39 is 55.2 Å². The molecule has 0 aliphatic carbocycles. The summed E-state index contributed by atoms with van der Waals surface area (Å²) in [5.74, 6) is 0.462. The molecule has 0 saturated carbocycles. The third-order valence-corrected chi connectivity index (χ3v) is 8.94. The van der Waals surface area contributed by atoms with Gasteiger partial charge in [0.05, 0.1) is 50.7 Å². The average Bonchev–Trinajstić information content (AvgIpc) is 3.61. The largest absolute Gasteiger partial charge is 0.493 e. The summed E-state index contributed by atoms with van der Waals surface area (Å²) < 4.78 is 26.1. The number of anilines is 1. The molecule has 0 bridgehead atoms. The number of aromatic nitrogens is 2. The second-order valence-corrected chi connectivity index (χ2v) is 12.4. The smallest absolute Gasteiger partial charge is 0.227 e. The maximum atomic E-state index is 14.9. The van der Waals surface area contributed by atoms with Gasteiger partial charge in [-0.1, -0.05) is 6.07 Å². The maximum Gasteiger partial charge on any atom is 0.227 e. The Bertz CT molecular complexity index is 1310. The number of benzene rings is 1. The zero-order valence-electron chi connectivity index (χ0n) is 27.3. The predicted octanol–water partition coefficient (Wildman–Crippen LogP) is 0.0331. The summed E-state index contributed by atoms with van der Waals surface area (Å²) in [5.41, 5.74) is 0.226. The Labute approximate surface area is 279 Å². The Hall–Kier alpha value is -3.63. The molecule has 5 atom stereocenters. The molecule has 15 heteroatoms. The molecule has 4 rings (SSSR count). The molecule has 2 saturated heterocycles. The van der Waals surface area contributed by atoms with E-state index in [2.05, 4.69) is 20.2 Å². The summed E-state index contributed by atoms with van der Waals surface area (Å²) >= 11 is 0. The molecule has 14 nitrogen and oxygen atoms in total. The third kappa shape index (κ3) is 10.4. The second kappa shape index (κ2) is 18.2. The van der Waals surface area contributed by atoms with Crippen molar-refractivity contribution in [1.82, 2.24) is 20.2 Å². The monoisotopic (exact) mass is 677 g/mol. The van der Waals surface area contributed by atoms with Crippen LogP contribution in [0, 0.1) is 17.7 Å². The van der Waals surface area contributed by atoms with Gasteiger partial charge < -0.3 is 50.1 Å². The number of piperidine rings is 1. The standard InChI is InChI=1S/C33H48FN5O9/c1-2-47-25-16-36-33(37-17-25)38-10-7-21(8-11-38)4-3-13-48-24-6-5-22(26(34)15-24)14-29(43)39-12-9-23(19-39)32(46)35-18-27(41)30(44)31(45)28(42)20-40/h5-6,15-17,21,23,27-28,30-31,40-42,44-45H,2-4,7-14,18-20H2,1H3,(H,35,46)/t23-,27-,28+,30+,31+/m0/s1. The third-order valence-electron chi connectivity index (χ3n) is 8.94. The Morgan fingerprint density at radius 1 is 1.00 bits per heavy atom. The molecule has 0 unspecified atom stereocenters. The summed E-state index contributed by atoms with van der Waals surface area (Å²) in [4.78, 5) is 37.9. The van der Waals surface area contributed by atoms with Gasteiger partial charge in [0.2, 0.25) is 17.8 Å². The minimum atomic E-state index is -1.80. The van der Waals surface area contributed by atoms with Crippen LogP contribution in [-0.2, 0) is 16.0 Å². The van der Waals surface area contributed by atoms with Crippen molar-refractivity contribution >= 4 is 17.8 Å². The second-order valence-electron chi connectivity index (χ2n) is 12.4. The highest BCUT2D eigenvalue weighted by Gasteiger charge is 2.33.